The van der Waals surface area contributed by atoms with Crippen molar-refractivity contribution in [3.8, 4) is 0 Å². The minimum Gasteiger partial charge on any atom is -0.444 e. The molecule has 1 fully saturated rings. The lowest BCUT2D eigenvalue weighted by molar-refractivity contribution is 0.0164. The van der Waals surface area contributed by atoms with E-state index in [0.29, 0.717) is 0 Å². The van der Waals surface area contributed by atoms with Gasteiger partial charge in [-0.1, -0.05) is 27.7 Å². The summed E-state index contributed by atoms with van der Waals surface area (Å²) in [5, 5.41) is 0. The van der Waals surface area contributed by atoms with Crippen LogP contribution in [-0.4, -0.2) is 54.7 Å². The highest BCUT2D eigenvalue weighted by molar-refractivity contribution is 5.68. The van der Waals surface area contributed by atoms with Gasteiger partial charge in [-0.05, 0) is 27.8 Å². The van der Waals surface area contributed by atoms with Crippen molar-refractivity contribution in [2.24, 2.45) is 0 Å². The molecule has 4 nitrogen and oxygen atoms in total. The van der Waals surface area contributed by atoms with Gasteiger partial charge in [0.25, 0.3) is 0 Å². The average Bonchev–Trinajstić information content (AvgIpc) is 2.33. The molecule has 1 amide bonds. The van der Waals surface area contributed by atoms with Gasteiger partial charge in [-0.2, -0.15) is 0 Å². The fourth-order valence-corrected chi connectivity index (χ4v) is 1.32. The van der Waals surface area contributed by atoms with Gasteiger partial charge >= 0.3 is 6.09 Å². The first-order valence-corrected chi connectivity index (χ1v) is 7.05. The van der Waals surface area contributed by atoms with Crippen LogP contribution in [-0.2, 0) is 4.74 Å². The van der Waals surface area contributed by atoms with E-state index in [9.17, 15) is 4.79 Å². The molecule has 0 aliphatic carbocycles. The Morgan fingerprint density at radius 1 is 0.944 bits per heavy atom. The monoisotopic (exact) mass is 260 g/mol. The van der Waals surface area contributed by atoms with E-state index in [0.717, 1.165) is 26.2 Å². The zero-order valence-corrected chi connectivity index (χ0v) is 13.5. The molecule has 0 bridgehead atoms. The number of amides is 1. The third-order valence-corrected chi connectivity index (χ3v) is 2.15. The molecule has 1 heterocycles. The molecule has 0 N–H and O–H groups in total. The molecule has 1 aliphatic heterocycles. The number of hydrogen-bond acceptors (Lipinski definition) is 3. The maximum absolute atomic E-state index is 11.6. The summed E-state index contributed by atoms with van der Waals surface area (Å²) in [7, 11) is 2.06. The van der Waals surface area contributed by atoms with E-state index in [2.05, 4.69) is 11.9 Å². The molecule has 110 valence electrons. The van der Waals surface area contributed by atoms with Gasteiger partial charge in [0.15, 0.2) is 0 Å². The van der Waals surface area contributed by atoms with Gasteiger partial charge in [0.2, 0.25) is 0 Å². The summed E-state index contributed by atoms with van der Waals surface area (Å²) in [6.07, 6.45) is -0.189. The standard InChI is InChI=1S/C10H20N2O2.2C2H6/c1-10(2,3)14-9(13)12-7-5-11(4)6-8-12;2*1-2/h5-8H2,1-4H3;2*1-2H3. The molecule has 4 heteroatoms. The van der Waals surface area contributed by atoms with Crippen molar-refractivity contribution in [3.63, 3.8) is 0 Å². The van der Waals surface area contributed by atoms with Crippen LogP contribution in [0.15, 0.2) is 0 Å². The average molecular weight is 260 g/mol. The highest BCUT2D eigenvalue weighted by atomic mass is 16.6. The maximum atomic E-state index is 11.6. The second kappa shape index (κ2) is 10.2. The van der Waals surface area contributed by atoms with Crippen molar-refractivity contribution in [1.29, 1.82) is 0 Å². The molecule has 0 aromatic rings. The van der Waals surface area contributed by atoms with Crippen LogP contribution in [0.1, 0.15) is 48.5 Å². The topological polar surface area (TPSA) is 32.8 Å². The first-order valence-electron chi connectivity index (χ1n) is 7.05. The predicted molar refractivity (Wildman–Crippen MR) is 78.0 cm³/mol. The zero-order valence-electron chi connectivity index (χ0n) is 13.5. The molecule has 0 spiro atoms. The van der Waals surface area contributed by atoms with Crippen molar-refractivity contribution < 1.29 is 9.53 Å². The number of piperazine rings is 1. The smallest absolute Gasteiger partial charge is 0.410 e. The summed E-state index contributed by atoms with van der Waals surface area (Å²) in [6, 6.07) is 0. The molecule has 0 saturated carbocycles. The SMILES string of the molecule is CC.CC.CN1CCN(C(=O)OC(C)(C)C)CC1. The van der Waals surface area contributed by atoms with Crippen LogP contribution in [0.2, 0.25) is 0 Å². The van der Waals surface area contributed by atoms with Gasteiger partial charge in [-0.15, -0.1) is 0 Å². The molecular formula is C14H32N2O2. The van der Waals surface area contributed by atoms with Gasteiger partial charge < -0.3 is 14.5 Å². The van der Waals surface area contributed by atoms with Crippen molar-refractivity contribution in [2.75, 3.05) is 33.2 Å². The second-order valence-electron chi connectivity index (χ2n) is 4.77. The van der Waals surface area contributed by atoms with E-state index in [1.807, 2.05) is 48.5 Å². The normalized spacial score (nSPS) is 15.9. The minimum atomic E-state index is -0.388. The van der Waals surface area contributed by atoms with Crippen molar-refractivity contribution in [3.05, 3.63) is 0 Å². The second-order valence-corrected chi connectivity index (χ2v) is 4.77. The van der Waals surface area contributed by atoms with E-state index >= 15 is 0 Å². The number of rotatable bonds is 0. The van der Waals surface area contributed by atoms with E-state index in [-0.39, 0.29) is 11.7 Å². The van der Waals surface area contributed by atoms with E-state index < -0.39 is 0 Å². The van der Waals surface area contributed by atoms with Crippen LogP contribution in [0.4, 0.5) is 4.79 Å². The Bertz CT molecular complexity index is 204. The fraction of sp³-hybridized carbons (Fsp3) is 0.929. The molecular weight excluding hydrogens is 228 g/mol. The Kier molecular flexibility index (Phi) is 11.1. The number of likely N-dealkylation sites (N-methyl/N-ethyl adjacent to an activating group) is 1. The Morgan fingerprint density at radius 3 is 1.67 bits per heavy atom. The van der Waals surface area contributed by atoms with E-state index in [4.69, 9.17) is 4.74 Å². The summed E-state index contributed by atoms with van der Waals surface area (Å²) in [5.74, 6) is 0. The Balaban J connectivity index is 0. The third-order valence-electron chi connectivity index (χ3n) is 2.15. The van der Waals surface area contributed by atoms with Crippen LogP contribution >= 0.6 is 0 Å². The van der Waals surface area contributed by atoms with Crippen LogP contribution < -0.4 is 0 Å². The molecule has 0 atom stereocenters. The highest BCUT2D eigenvalue weighted by Gasteiger charge is 2.24. The summed E-state index contributed by atoms with van der Waals surface area (Å²) in [4.78, 5) is 15.6. The summed E-state index contributed by atoms with van der Waals surface area (Å²) >= 11 is 0. The van der Waals surface area contributed by atoms with Gasteiger partial charge in [-0.25, -0.2) is 4.79 Å². The lowest BCUT2D eigenvalue weighted by Gasteiger charge is -2.33. The van der Waals surface area contributed by atoms with E-state index in [1.54, 1.807) is 4.90 Å². The number of ether oxygens (including phenoxy) is 1. The molecule has 18 heavy (non-hydrogen) atoms. The molecule has 0 unspecified atom stereocenters. The van der Waals surface area contributed by atoms with Crippen LogP contribution in [0.5, 0.6) is 0 Å². The largest absolute Gasteiger partial charge is 0.444 e. The van der Waals surface area contributed by atoms with Crippen LogP contribution in [0, 0.1) is 0 Å². The quantitative estimate of drug-likeness (QED) is 0.670. The van der Waals surface area contributed by atoms with Crippen molar-refractivity contribution >= 4 is 6.09 Å². The number of carbonyl (C=O) groups is 1. The number of carbonyl (C=O) groups excluding carboxylic acids is 1. The predicted octanol–water partition coefficient (Wildman–Crippen LogP) is 3.22. The lowest BCUT2D eigenvalue weighted by atomic mass is 10.2. The summed E-state index contributed by atoms with van der Waals surface area (Å²) < 4.78 is 5.28. The van der Waals surface area contributed by atoms with Crippen LogP contribution in [0.3, 0.4) is 0 Å². The van der Waals surface area contributed by atoms with Gasteiger partial charge in [0, 0.05) is 26.2 Å². The van der Waals surface area contributed by atoms with Gasteiger partial charge in [0.1, 0.15) is 5.60 Å². The fourth-order valence-electron chi connectivity index (χ4n) is 1.32. The van der Waals surface area contributed by atoms with Crippen molar-refractivity contribution in [1.82, 2.24) is 9.80 Å². The third kappa shape index (κ3) is 9.28. The summed E-state index contributed by atoms with van der Waals surface area (Å²) in [6.45, 7) is 17.1. The van der Waals surface area contributed by atoms with Crippen LogP contribution in [0.25, 0.3) is 0 Å². The summed E-state index contributed by atoms with van der Waals surface area (Å²) in [5.41, 5.74) is -0.388. The Morgan fingerprint density at radius 2 is 1.33 bits per heavy atom. The Hall–Kier alpha value is -0.770. The van der Waals surface area contributed by atoms with Gasteiger partial charge in [-0.3, -0.25) is 0 Å². The first-order chi connectivity index (χ1) is 8.38. The zero-order chi connectivity index (χ0) is 14.8. The molecule has 1 rings (SSSR count). The lowest BCUT2D eigenvalue weighted by Crippen LogP contribution is -2.48. The Labute approximate surface area is 113 Å². The molecule has 1 saturated heterocycles. The molecule has 0 aromatic heterocycles. The molecule has 0 aromatic carbocycles. The maximum Gasteiger partial charge on any atom is 0.410 e. The molecule has 0 radical (unpaired) electrons. The number of nitrogens with zero attached hydrogens (tertiary/aromatic N) is 2. The van der Waals surface area contributed by atoms with Crippen molar-refractivity contribution in [2.45, 2.75) is 54.1 Å². The van der Waals surface area contributed by atoms with E-state index in [1.165, 1.54) is 0 Å². The van der Waals surface area contributed by atoms with Gasteiger partial charge in [0.05, 0.1) is 0 Å². The number of hydrogen-bond donors (Lipinski definition) is 0. The minimum absolute atomic E-state index is 0.189. The first kappa shape index (κ1) is 19.6. The highest BCUT2D eigenvalue weighted by Crippen LogP contribution is 2.11. The molecule has 1 aliphatic rings.